The van der Waals surface area contributed by atoms with Gasteiger partial charge in [-0.15, -0.1) is 0 Å². The Balaban J connectivity index is 1.79. The van der Waals surface area contributed by atoms with Crippen LogP contribution < -0.4 is 32.8 Å². The monoisotopic (exact) mass is 576 g/mol. The number of nitrogens with one attached hydrogen (secondary N) is 3. The van der Waals surface area contributed by atoms with Crippen molar-refractivity contribution in [2.75, 3.05) is 25.1 Å². The molecule has 220 valence electrons. The summed E-state index contributed by atoms with van der Waals surface area (Å²) in [4.78, 5) is 42.9. The van der Waals surface area contributed by atoms with Crippen molar-refractivity contribution in [1.82, 2.24) is 10.2 Å². The Morgan fingerprint density at radius 1 is 1.02 bits per heavy atom. The zero-order valence-corrected chi connectivity index (χ0v) is 22.0. The third kappa shape index (κ3) is 8.44. The number of nitrogens with two attached hydrogens (primary N) is 3. The molecule has 3 aromatic rings. The lowest BCUT2D eigenvalue weighted by Crippen LogP contribution is -2.52. The molecule has 14 heteroatoms. The highest BCUT2D eigenvalue weighted by molar-refractivity contribution is 5.99. The van der Waals surface area contributed by atoms with Gasteiger partial charge in [-0.3, -0.25) is 14.4 Å². The zero-order valence-electron chi connectivity index (χ0n) is 22.0. The molecule has 1 heterocycles. The number of aliphatic hydroxyl groups excluding tert-OH is 1. The third-order valence-electron chi connectivity index (χ3n) is 6.38. The van der Waals surface area contributed by atoms with Gasteiger partial charge in [0.1, 0.15) is 17.8 Å². The number of H-pyrrole nitrogens is 1. The third-order valence-corrected chi connectivity index (χ3v) is 6.38. The molecule has 3 rings (SSSR count). The van der Waals surface area contributed by atoms with Gasteiger partial charge in [0.2, 0.25) is 23.2 Å². The fourth-order valence-electron chi connectivity index (χ4n) is 4.06. The number of benzene rings is 2. The minimum Gasteiger partial charge on any atom is -0.386 e. The minimum absolute atomic E-state index is 0.0485. The molecule has 11 nitrogen and oxygen atoms in total. The number of fused-ring (bicyclic) bond motifs is 1. The van der Waals surface area contributed by atoms with E-state index in [2.05, 4.69) is 15.6 Å². The van der Waals surface area contributed by atoms with Crippen molar-refractivity contribution >= 4 is 34.3 Å². The number of pyridine rings is 1. The molecular weight excluding hydrogens is 543 g/mol. The first kappa shape index (κ1) is 31.4. The van der Waals surface area contributed by atoms with E-state index in [4.69, 9.17) is 17.2 Å². The molecule has 41 heavy (non-hydrogen) atoms. The predicted molar refractivity (Wildman–Crippen MR) is 144 cm³/mol. The quantitative estimate of drug-likeness (QED) is 0.170. The van der Waals surface area contributed by atoms with Gasteiger partial charge in [-0.2, -0.15) is 13.2 Å². The molecule has 0 aliphatic rings. The van der Waals surface area contributed by atoms with Gasteiger partial charge in [0.05, 0.1) is 18.3 Å². The molecule has 0 aliphatic carbocycles. The van der Waals surface area contributed by atoms with Gasteiger partial charge in [-0.25, -0.2) is 4.98 Å². The van der Waals surface area contributed by atoms with E-state index in [0.29, 0.717) is 5.69 Å². The smallest absolute Gasteiger partial charge is 0.386 e. The number of carbonyl (C=O) groups excluding carboxylic acids is 3. The van der Waals surface area contributed by atoms with Crippen LogP contribution in [-0.2, 0) is 20.6 Å². The molecule has 1 aromatic heterocycles. The van der Waals surface area contributed by atoms with Crippen LogP contribution in [0.4, 0.5) is 18.9 Å². The summed E-state index contributed by atoms with van der Waals surface area (Å²) in [5, 5.41) is 16.8. The molecular formula is C27H33F3N7O4+. The number of para-hydroxylation sites is 1. The van der Waals surface area contributed by atoms with Crippen LogP contribution in [0.3, 0.4) is 0 Å². The van der Waals surface area contributed by atoms with Gasteiger partial charge in [0.15, 0.2) is 6.20 Å². The van der Waals surface area contributed by atoms with Gasteiger partial charge < -0.3 is 37.8 Å². The molecule has 0 saturated heterocycles. The normalized spacial score (nSPS) is 13.7. The molecule has 3 amide bonds. The van der Waals surface area contributed by atoms with E-state index in [1.807, 2.05) is 12.1 Å². The highest BCUT2D eigenvalue weighted by Crippen LogP contribution is 2.30. The van der Waals surface area contributed by atoms with E-state index in [1.165, 1.54) is 11.1 Å². The molecule has 0 spiro atoms. The summed E-state index contributed by atoms with van der Waals surface area (Å²) in [5.74, 6) is -2.07. The maximum atomic E-state index is 13.3. The number of aromatic nitrogens is 1. The molecule has 0 fully saturated rings. The number of aromatic amines is 1. The Bertz CT molecular complexity index is 1350. The average molecular weight is 577 g/mol. The van der Waals surface area contributed by atoms with Crippen LogP contribution in [0, 0.1) is 0 Å². The molecule has 0 radical (unpaired) electrons. The largest absolute Gasteiger partial charge is 0.416 e. The number of amides is 3. The van der Waals surface area contributed by atoms with Gasteiger partial charge in [0, 0.05) is 31.0 Å². The van der Waals surface area contributed by atoms with Crippen LogP contribution in [0.2, 0.25) is 0 Å². The van der Waals surface area contributed by atoms with Crippen molar-refractivity contribution in [2.45, 2.75) is 37.2 Å². The summed E-state index contributed by atoms with van der Waals surface area (Å²) in [6, 6.07) is 9.57. The highest BCUT2D eigenvalue weighted by atomic mass is 19.4. The maximum absolute atomic E-state index is 13.3. The van der Waals surface area contributed by atoms with Crippen molar-refractivity contribution in [3.63, 3.8) is 0 Å². The Kier molecular flexibility index (Phi) is 10.7. The van der Waals surface area contributed by atoms with Crippen LogP contribution in [0.5, 0.6) is 0 Å². The fraction of sp³-hybridized carbons (Fsp3) is 0.333. The van der Waals surface area contributed by atoms with Crippen LogP contribution >= 0.6 is 0 Å². The van der Waals surface area contributed by atoms with E-state index < -0.39 is 41.7 Å². The van der Waals surface area contributed by atoms with Crippen LogP contribution in [0.25, 0.3) is 10.9 Å². The lowest BCUT2D eigenvalue weighted by molar-refractivity contribution is -0.343. The van der Waals surface area contributed by atoms with E-state index >= 15 is 0 Å². The summed E-state index contributed by atoms with van der Waals surface area (Å²) in [5.41, 5.74) is 17.1. The number of halogens is 3. The molecule has 3 atom stereocenters. The number of aliphatic hydroxyl groups is 1. The predicted octanol–water partition coefficient (Wildman–Crippen LogP) is 0.641. The summed E-state index contributed by atoms with van der Waals surface area (Å²) in [7, 11) is 0. The Labute approximate surface area is 233 Å². The van der Waals surface area contributed by atoms with Crippen molar-refractivity contribution in [3.05, 3.63) is 71.9 Å². The van der Waals surface area contributed by atoms with Crippen LogP contribution in [-0.4, -0.2) is 59.6 Å². The first-order valence-corrected chi connectivity index (χ1v) is 12.7. The number of alkyl halides is 3. The van der Waals surface area contributed by atoms with Crippen molar-refractivity contribution < 1.29 is 37.6 Å². The molecule has 0 saturated carbocycles. The lowest BCUT2D eigenvalue weighted by atomic mass is 9.99. The summed E-state index contributed by atoms with van der Waals surface area (Å²) in [6.07, 6.45) is -5.06. The van der Waals surface area contributed by atoms with Crippen molar-refractivity contribution in [2.24, 2.45) is 17.2 Å². The average Bonchev–Trinajstić information content (AvgIpc) is 2.96. The minimum atomic E-state index is -4.60. The van der Waals surface area contributed by atoms with Crippen molar-refractivity contribution in [3.8, 4) is 0 Å². The number of anilines is 1. The van der Waals surface area contributed by atoms with E-state index in [0.717, 1.165) is 35.2 Å². The Morgan fingerprint density at radius 2 is 1.71 bits per heavy atom. The van der Waals surface area contributed by atoms with Gasteiger partial charge in [-0.05, 0) is 36.2 Å². The van der Waals surface area contributed by atoms with E-state index in [-0.39, 0.29) is 44.1 Å². The SMILES string of the molecule is NCCN(CN)C(=O)CC[C@H](N)C(=O)N[C@H](C(=O)Nc1c[nH+]c2ccccc2c1)[C@H](O)c1ccc(C(F)(F)F)cc1. The van der Waals surface area contributed by atoms with Gasteiger partial charge in [0.25, 0.3) is 0 Å². The topological polar surface area (TPSA) is 191 Å². The van der Waals surface area contributed by atoms with Gasteiger partial charge >= 0.3 is 6.18 Å². The highest BCUT2D eigenvalue weighted by Gasteiger charge is 2.34. The van der Waals surface area contributed by atoms with E-state index in [9.17, 15) is 32.7 Å². The lowest BCUT2D eigenvalue weighted by Gasteiger charge is -2.25. The second-order valence-electron chi connectivity index (χ2n) is 9.29. The number of nitrogens with zero attached hydrogens (tertiary/aromatic N) is 1. The Hall–Kier alpha value is -4.11. The second kappa shape index (κ2) is 14.0. The standard InChI is InChI=1S/C27H32F3N7O4/c28-27(29,30)18-7-5-16(6-8-18)24(39)23(26(41)35-19-13-17-3-1-2-4-21(17)34-14-19)36-25(40)20(33)9-10-22(38)37(15-32)12-11-31/h1-8,13-14,20,23-24,39H,9-12,15,31-33H2,(H,35,41)(H,36,40)/p+1/t20-,23-,24+/m0/s1. The molecule has 10 N–H and O–H groups in total. The number of rotatable bonds is 12. The summed E-state index contributed by atoms with van der Waals surface area (Å²) < 4.78 is 39.1. The first-order chi connectivity index (χ1) is 19.4. The molecule has 2 aromatic carbocycles. The van der Waals surface area contributed by atoms with Crippen LogP contribution in [0.15, 0.2) is 60.8 Å². The number of carbonyl (C=O) groups is 3. The fourth-order valence-corrected chi connectivity index (χ4v) is 4.06. The Morgan fingerprint density at radius 3 is 2.34 bits per heavy atom. The molecule has 0 aliphatic heterocycles. The van der Waals surface area contributed by atoms with Gasteiger partial charge in [-0.1, -0.05) is 24.3 Å². The zero-order chi connectivity index (χ0) is 30.2. The van der Waals surface area contributed by atoms with E-state index in [1.54, 1.807) is 18.2 Å². The number of hydrogen-bond acceptors (Lipinski definition) is 7. The van der Waals surface area contributed by atoms with Crippen molar-refractivity contribution in [1.29, 1.82) is 0 Å². The first-order valence-electron chi connectivity index (χ1n) is 12.7. The number of hydrogen-bond donors (Lipinski definition) is 6. The second-order valence-corrected chi connectivity index (χ2v) is 9.29. The summed E-state index contributed by atoms with van der Waals surface area (Å²) in [6.45, 7) is 0.360. The summed E-state index contributed by atoms with van der Waals surface area (Å²) >= 11 is 0. The van der Waals surface area contributed by atoms with Crippen LogP contribution in [0.1, 0.15) is 30.1 Å². The maximum Gasteiger partial charge on any atom is 0.416 e. The molecule has 0 unspecified atom stereocenters. The molecule has 0 bridgehead atoms.